The van der Waals surface area contributed by atoms with Gasteiger partial charge < -0.3 is 19.3 Å². The third-order valence-electron chi connectivity index (χ3n) is 4.82. The molecule has 0 aromatic carbocycles. The van der Waals surface area contributed by atoms with Crippen LogP contribution in [0.4, 0.5) is 0 Å². The lowest BCUT2D eigenvalue weighted by Gasteiger charge is -2.16. The third-order valence-corrected chi connectivity index (χ3v) is 4.82. The average Bonchev–Trinajstić information content (AvgIpc) is 3.30. The number of hydrogen-bond acceptors (Lipinski definition) is 8. The van der Waals surface area contributed by atoms with Gasteiger partial charge in [0.2, 0.25) is 6.33 Å². The molecule has 12 heteroatoms. The van der Waals surface area contributed by atoms with E-state index in [1.807, 2.05) is 34.9 Å². The van der Waals surface area contributed by atoms with Gasteiger partial charge >= 0.3 is 17.6 Å². The summed E-state index contributed by atoms with van der Waals surface area (Å²) in [4.78, 5) is 49.8. The summed E-state index contributed by atoms with van der Waals surface area (Å²) < 4.78 is 20.8. The summed E-state index contributed by atoms with van der Waals surface area (Å²) in [6.07, 6.45) is 3.73. The molecule has 3 atom stereocenters. The van der Waals surface area contributed by atoms with Crippen LogP contribution in [0, 0.1) is 6.92 Å². The maximum absolute atomic E-state index is 12.1. The van der Waals surface area contributed by atoms with E-state index in [-0.39, 0.29) is 13.0 Å². The number of imidazole rings is 1. The highest BCUT2D eigenvalue weighted by molar-refractivity contribution is 5.91. The zero-order valence-electron chi connectivity index (χ0n) is 17.2. The van der Waals surface area contributed by atoms with E-state index in [1.165, 1.54) is 17.7 Å². The zero-order chi connectivity index (χ0) is 22.5. The van der Waals surface area contributed by atoms with Gasteiger partial charge in [0.15, 0.2) is 0 Å². The number of H-pyrrole nitrogens is 1. The lowest BCUT2D eigenvalue weighted by atomic mass is 10.2. The second-order valence-corrected chi connectivity index (χ2v) is 7.27. The molecule has 3 heterocycles. The van der Waals surface area contributed by atoms with E-state index >= 15 is 0 Å². The molecule has 1 saturated heterocycles. The Balaban J connectivity index is 1.51. The number of nitrogens with one attached hydrogen (secondary N) is 1. The monoisotopic (exact) mass is 437 g/mol. The van der Waals surface area contributed by atoms with Gasteiger partial charge in [0.1, 0.15) is 50.4 Å². The third kappa shape index (κ3) is 5.67. The van der Waals surface area contributed by atoms with Crippen LogP contribution in [-0.2, 0) is 37.4 Å². The molecule has 0 saturated carbocycles. The summed E-state index contributed by atoms with van der Waals surface area (Å²) in [5, 5.41) is 9.53. The van der Waals surface area contributed by atoms with Gasteiger partial charge in [-0.25, -0.2) is 13.9 Å². The topological polar surface area (TPSA) is 146 Å². The van der Waals surface area contributed by atoms with Crippen LogP contribution in [0.3, 0.4) is 0 Å². The molecule has 1 fully saturated rings. The van der Waals surface area contributed by atoms with Crippen molar-refractivity contribution in [2.24, 2.45) is 7.05 Å². The Morgan fingerprint density at radius 1 is 1.35 bits per heavy atom. The first kappa shape index (κ1) is 22.4. The van der Waals surface area contributed by atoms with Crippen LogP contribution in [0.2, 0.25) is 0 Å². The quantitative estimate of drug-likeness (QED) is 0.282. The number of carbonyl (C=O) groups excluding carboxylic acids is 2. The number of ether oxygens (including phenoxy) is 3. The summed E-state index contributed by atoms with van der Waals surface area (Å²) in [5.41, 5.74) is -0.880. The number of aliphatic hydroxyl groups is 1. The van der Waals surface area contributed by atoms with Crippen LogP contribution in [0.1, 0.15) is 24.6 Å². The molecular weight excluding hydrogens is 412 g/mol. The second-order valence-electron chi connectivity index (χ2n) is 7.27. The van der Waals surface area contributed by atoms with E-state index in [0.29, 0.717) is 12.1 Å². The Kier molecular flexibility index (Phi) is 7.02. The van der Waals surface area contributed by atoms with Crippen LogP contribution < -0.4 is 15.8 Å². The number of aliphatic hydroxyl groups excluding tert-OH is 1. The maximum Gasteiger partial charge on any atom is 0.330 e. The molecule has 2 N–H and O–H groups in total. The predicted octanol–water partition coefficient (Wildman–Crippen LogP) is -1.70. The molecule has 0 bridgehead atoms. The minimum Gasteiger partial charge on any atom is -0.461 e. The highest BCUT2D eigenvalue weighted by Crippen LogP contribution is 2.30. The maximum atomic E-state index is 12.1. The molecule has 0 aliphatic carbocycles. The van der Waals surface area contributed by atoms with E-state index in [4.69, 9.17) is 14.2 Å². The van der Waals surface area contributed by atoms with Gasteiger partial charge in [-0.15, -0.1) is 0 Å². The lowest BCUT2D eigenvalue weighted by Crippen LogP contribution is -2.33. The number of aromatic nitrogens is 4. The molecule has 1 aliphatic heterocycles. The van der Waals surface area contributed by atoms with E-state index in [0.717, 1.165) is 0 Å². The minimum atomic E-state index is -0.876. The van der Waals surface area contributed by atoms with Crippen molar-refractivity contribution in [3.05, 3.63) is 51.3 Å². The van der Waals surface area contributed by atoms with Crippen LogP contribution in [-0.4, -0.2) is 56.6 Å². The summed E-state index contributed by atoms with van der Waals surface area (Å²) in [6.45, 7) is 1.62. The fourth-order valence-electron chi connectivity index (χ4n) is 3.24. The lowest BCUT2D eigenvalue weighted by molar-refractivity contribution is -0.671. The number of aryl methyl sites for hydroxylation is 2. The summed E-state index contributed by atoms with van der Waals surface area (Å²) in [6, 6.07) is 0. The molecule has 2 aromatic heterocycles. The van der Waals surface area contributed by atoms with Crippen molar-refractivity contribution < 1.29 is 33.5 Å². The Morgan fingerprint density at radius 3 is 2.81 bits per heavy atom. The molecule has 1 aliphatic rings. The first-order valence-corrected chi connectivity index (χ1v) is 9.71. The molecule has 0 amide bonds. The number of carbonyl (C=O) groups is 2. The Morgan fingerprint density at radius 2 is 2.13 bits per heavy atom. The van der Waals surface area contributed by atoms with E-state index < -0.39 is 54.7 Å². The number of rotatable bonds is 8. The molecule has 3 rings (SSSR count). The first-order chi connectivity index (χ1) is 14.8. The smallest absolute Gasteiger partial charge is 0.330 e. The number of hydrogen-bond donors (Lipinski definition) is 2. The SMILES string of the molecule is Cc1cn([C@H]2C[C@@H](OC(=O)CC(=O)OCCn3cc[n+](C)c3)[C@@H](CO)O2)c(=O)[nH]c1=O. The fourth-order valence-corrected chi connectivity index (χ4v) is 3.24. The van der Waals surface area contributed by atoms with Gasteiger partial charge in [-0.3, -0.25) is 23.9 Å². The summed E-state index contributed by atoms with van der Waals surface area (Å²) >= 11 is 0. The Hall–Kier alpha value is -3.25. The molecule has 0 spiro atoms. The Labute approximate surface area is 176 Å². The minimum absolute atomic E-state index is 0.0715. The van der Waals surface area contributed by atoms with Crippen molar-refractivity contribution in [2.45, 2.75) is 44.7 Å². The first-order valence-electron chi connectivity index (χ1n) is 9.71. The normalized spacial score (nSPS) is 20.5. The Bertz CT molecular complexity index is 1060. The van der Waals surface area contributed by atoms with Crippen molar-refractivity contribution >= 4 is 11.9 Å². The van der Waals surface area contributed by atoms with E-state index in [1.54, 1.807) is 0 Å². The molecule has 0 unspecified atom stereocenters. The van der Waals surface area contributed by atoms with Crippen molar-refractivity contribution in [3.8, 4) is 0 Å². The number of esters is 2. The van der Waals surface area contributed by atoms with Gasteiger partial charge in [-0.1, -0.05) is 0 Å². The van der Waals surface area contributed by atoms with Crippen molar-refractivity contribution in [3.63, 3.8) is 0 Å². The van der Waals surface area contributed by atoms with Crippen LogP contribution in [0.15, 0.2) is 34.5 Å². The average molecular weight is 437 g/mol. The predicted molar refractivity (Wildman–Crippen MR) is 103 cm³/mol. The van der Waals surface area contributed by atoms with Gasteiger partial charge in [-0.2, -0.15) is 0 Å². The largest absolute Gasteiger partial charge is 0.461 e. The van der Waals surface area contributed by atoms with Crippen LogP contribution in [0.5, 0.6) is 0 Å². The van der Waals surface area contributed by atoms with Crippen molar-refractivity contribution in [1.82, 2.24) is 14.1 Å². The summed E-state index contributed by atoms with van der Waals surface area (Å²) in [7, 11) is 1.87. The van der Waals surface area contributed by atoms with E-state index in [9.17, 15) is 24.3 Å². The fraction of sp³-hybridized carbons (Fsp3) is 0.526. The highest BCUT2D eigenvalue weighted by atomic mass is 16.6. The number of nitrogens with zero attached hydrogens (tertiary/aromatic N) is 3. The zero-order valence-corrected chi connectivity index (χ0v) is 17.2. The molecule has 0 radical (unpaired) electrons. The van der Waals surface area contributed by atoms with Crippen molar-refractivity contribution in [1.29, 1.82) is 0 Å². The van der Waals surface area contributed by atoms with Gasteiger partial charge in [0, 0.05) is 18.2 Å². The van der Waals surface area contributed by atoms with Gasteiger partial charge in [0.05, 0.1) is 13.7 Å². The molecule has 31 heavy (non-hydrogen) atoms. The summed E-state index contributed by atoms with van der Waals surface area (Å²) in [5.74, 6) is -1.56. The van der Waals surface area contributed by atoms with Gasteiger partial charge in [0.25, 0.3) is 5.56 Å². The van der Waals surface area contributed by atoms with Crippen molar-refractivity contribution in [2.75, 3.05) is 13.2 Å². The van der Waals surface area contributed by atoms with Crippen LogP contribution >= 0.6 is 0 Å². The standard InChI is InChI=1S/C19H24N4O8/c1-12-9-23(19(28)20-18(12)27)15-7-13(14(10-24)30-15)31-17(26)8-16(25)29-6-5-22-4-3-21(2)11-22/h3-4,9,11,13-15,24H,5-8,10H2,1-2H3/p+1/t13-,14-,15-/m1/s1. The molecule has 2 aromatic rings. The molecular formula is C19H25N4O8+. The molecule has 12 nitrogen and oxygen atoms in total. The van der Waals surface area contributed by atoms with E-state index in [2.05, 4.69) is 4.98 Å². The molecule has 168 valence electrons. The number of aromatic amines is 1. The van der Waals surface area contributed by atoms with Crippen LogP contribution in [0.25, 0.3) is 0 Å². The second kappa shape index (κ2) is 9.71. The highest BCUT2D eigenvalue weighted by Gasteiger charge is 2.39. The van der Waals surface area contributed by atoms with Gasteiger partial charge in [-0.05, 0) is 6.92 Å².